The number of carbonyl (C=O) groups is 1. The normalized spacial score (nSPS) is 10.8. The van der Waals surface area contributed by atoms with Crippen LogP contribution < -0.4 is 0 Å². The van der Waals surface area contributed by atoms with Crippen molar-refractivity contribution < 1.29 is 19.0 Å². The highest BCUT2D eigenvalue weighted by Gasteiger charge is 2.13. The van der Waals surface area contributed by atoms with Gasteiger partial charge in [-0.2, -0.15) is 0 Å². The monoisotopic (exact) mass is 233 g/mol. The molecule has 0 spiro atoms. The lowest BCUT2D eigenvalue weighted by Crippen LogP contribution is -2.39. The molecule has 0 heterocycles. The van der Waals surface area contributed by atoms with E-state index in [-0.39, 0.29) is 18.6 Å². The first-order chi connectivity index (χ1) is 7.61. The molecule has 5 nitrogen and oxygen atoms in total. The molecule has 0 saturated carbocycles. The van der Waals surface area contributed by atoms with Crippen LogP contribution in [-0.4, -0.2) is 64.0 Å². The predicted octanol–water partition coefficient (Wildman–Crippen LogP) is 0.533. The minimum absolute atomic E-state index is 0.0252. The molecule has 0 bridgehead atoms. The van der Waals surface area contributed by atoms with Crippen molar-refractivity contribution in [1.82, 2.24) is 4.90 Å². The molecule has 0 aliphatic rings. The first kappa shape index (κ1) is 15.3. The van der Waals surface area contributed by atoms with Gasteiger partial charge in [-0.15, -0.1) is 0 Å². The van der Waals surface area contributed by atoms with E-state index < -0.39 is 0 Å². The van der Waals surface area contributed by atoms with E-state index >= 15 is 0 Å². The van der Waals surface area contributed by atoms with E-state index in [4.69, 9.17) is 14.2 Å². The van der Waals surface area contributed by atoms with Crippen LogP contribution in [0.25, 0.3) is 0 Å². The van der Waals surface area contributed by atoms with Gasteiger partial charge in [-0.25, -0.2) is 0 Å². The van der Waals surface area contributed by atoms with Crippen LogP contribution in [-0.2, 0) is 19.0 Å². The van der Waals surface area contributed by atoms with Gasteiger partial charge in [0, 0.05) is 27.3 Å². The molecule has 0 N–H and O–H groups in total. The lowest BCUT2D eigenvalue weighted by atomic mass is 10.4. The first-order valence-electron chi connectivity index (χ1n) is 5.49. The Morgan fingerprint density at radius 3 is 2.00 bits per heavy atom. The zero-order valence-electron chi connectivity index (χ0n) is 10.7. The molecule has 0 aromatic rings. The smallest absolute Gasteiger partial charge is 0.248 e. The number of hydrogen-bond donors (Lipinski definition) is 0. The van der Waals surface area contributed by atoms with Gasteiger partial charge in [0.05, 0.1) is 19.3 Å². The van der Waals surface area contributed by atoms with E-state index in [9.17, 15) is 4.79 Å². The van der Waals surface area contributed by atoms with Gasteiger partial charge in [-0.3, -0.25) is 4.79 Å². The van der Waals surface area contributed by atoms with Gasteiger partial charge < -0.3 is 19.1 Å². The van der Waals surface area contributed by atoms with Gasteiger partial charge in [0.1, 0.15) is 6.61 Å². The minimum atomic E-state index is -0.0252. The van der Waals surface area contributed by atoms with E-state index in [1.165, 1.54) is 0 Å². The van der Waals surface area contributed by atoms with Crippen molar-refractivity contribution in [1.29, 1.82) is 0 Å². The third-order valence-electron chi connectivity index (χ3n) is 2.02. The second kappa shape index (κ2) is 9.57. The molecule has 0 aliphatic heterocycles. The van der Waals surface area contributed by atoms with Crippen LogP contribution >= 0.6 is 0 Å². The summed E-state index contributed by atoms with van der Waals surface area (Å²) in [4.78, 5) is 13.4. The number of hydrogen-bond acceptors (Lipinski definition) is 4. The maximum absolute atomic E-state index is 11.7. The summed E-state index contributed by atoms with van der Waals surface area (Å²) >= 11 is 0. The minimum Gasteiger partial charge on any atom is -0.383 e. The van der Waals surface area contributed by atoms with Crippen LogP contribution in [0.3, 0.4) is 0 Å². The number of nitrogens with zero attached hydrogens (tertiary/aromatic N) is 1. The van der Waals surface area contributed by atoms with E-state index in [1.54, 1.807) is 19.1 Å². The van der Waals surface area contributed by atoms with Crippen molar-refractivity contribution in [2.75, 3.05) is 47.1 Å². The van der Waals surface area contributed by atoms with Crippen molar-refractivity contribution in [3.63, 3.8) is 0 Å². The van der Waals surface area contributed by atoms with Gasteiger partial charge >= 0.3 is 0 Å². The maximum atomic E-state index is 11.7. The number of amides is 1. The number of carbonyl (C=O) groups excluding carboxylic acids is 1. The van der Waals surface area contributed by atoms with Crippen LogP contribution in [0.4, 0.5) is 0 Å². The third kappa shape index (κ3) is 7.62. The van der Waals surface area contributed by atoms with Gasteiger partial charge in [-0.1, -0.05) is 0 Å². The average Bonchev–Trinajstić information content (AvgIpc) is 2.26. The Labute approximate surface area is 97.7 Å². The summed E-state index contributed by atoms with van der Waals surface area (Å²) in [5.74, 6) is -0.0252. The van der Waals surface area contributed by atoms with Crippen LogP contribution in [0.1, 0.15) is 13.8 Å². The Morgan fingerprint density at radius 2 is 1.62 bits per heavy atom. The second-order valence-corrected chi connectivity index (χ2v) is 3.73. The van der Waals surface area contributed by atoms with Crippen LogP contribution in [0.5, 0.6) is 0 Å². The summed E-state index contributed by atoms with van der Waals surface area (Å²) < 4.78 is 15.2. The summed E-state index contributed by atoms with van der Waals surface area (Å²) in [6.07, 6.45) is 0.0654. The quantitative estimate of drug-likeness (QED) is 0.583. The average molecular weight is 233 g/mol. The molecule has 0 unspecified atom stereocenters. The highest BCUT2D eigenvalue weighted by atomic mass is 16.5. The molecular formula is C11H23NO4. The molecular weight excluding hydrogens is 210 g/mol. The molecule has 16 heavy (non-hydrogen) atoms. The molecule has 0 radical (unpaired) electrons. The summed E-state index contributed by atoms with van der Waals surface area (Å²) in [5.41, 5.74) is 0. The van der Waals surface area contributed by atoms with E-state index in [0.29, 0.717) is 26.3 Å². The summed E-state index contributed by atoms with van der Waals surface area (Å²) in [6.45, 7) is 6.11. The number of ether oxygens (including phenoxy) is 3. The van der Waals surface area contributed by atoms with Crippen molar-refractivity contribution in [2.24, 2.45) is 0 Å². The van der Waals surface area contributed by atoms with Crippen LogP contribution in [0.2, 0.25) is 0 Å². The van der Waals surface area contributed by atoms with Crippen molar-refractivity contribution in [3.8, 4) is 0 Å². The number of methoxy groups -OCH3 is 2. The molecule has 0 fully saturated rings. The SMILES string of the molecule is COCCN(CCOC)C(=O)COC(C)C. The molecule has 5 heteroatoms. The number of rotatable bonds is 9. The van der Waals surface area contributed by atoms with Crippen molar-refractivity contribution in [2.45, 2.75) is 20.0 Å². The highest BCUT2D eigenvalue weighted by Crippen LogP contribution is 1.95. The zero-order chi connectivity index (χ0) is 12.4. The Bertz CT molecular complexity index is 177. The van der Waals surface area contributed by atoms with E-state index in [0.717, 1.165) is 0 Å². The summed E-state index contributed by atoms with van der Waals surface area (Å²) in [7, 11) is 3.23. The first-order valence-corrected chi connectivity index (χ1v) is 5.49. The lowest BCUT2D eigenvalue weighted by Gasteiger charge is -2.22. The lowest BCUT2D eigenvalue weighted by molar-refractivity contribution is -0.138. The summed E-state index contributed by atoms with van der Waals surface area (Å²) in [5, 5.41) is 0. The third-order valence-corrected chi connectivity index (χ3v) is 2.02. The standard InChI is InChI=1S/C11H23NO4/c1-10(2)16-9-11(13)12(5-7-14-3)6-8-15-4/h10H,5-9H2,1-4H3. The Balaban J connectivity index is 3.98. The zero-order valence-corrected chi connectivity index (χ0v) is 10.7. The Morgan fingerprint density at radius 1 is 1.12 bits per heavy atom. The molecule has 1 amide bonds. The molecule has 0 aromatic carbocycles. The van der Waals surface area contributed by atoms with Gasteiger partial charge in [0.2, 0.25) is 5.91 Å². The Kier molecular flexibility index (Phi) is 9.18. The summed E-state index contributed by atoms with van der Waals surface area (Å²) in [6, 6.07) is 0. The topological polar surface area (TPSA) is 48.0 Å². The molecule has 0 aliphatic carbocycles. The van der Waals surface area contributed by atoms with E-state index in [1.807, 2.05) is 13.8 Å². The van der Waals surface area contributed by atoms with Gasteiger partial charge in [0.25, 0.3) is 0 Å². The van der Waals surface area contributed by atoms with Crippen molar-refractivity contribution >= 4 is 5.91 Å². The fraction of sp³-hybridized carbons (Fsp3) is 0.909. The fourth-order valence-electron chi connectivity index (χ4n) is 1.09. The van der Waals surface area contributed by atoms with Gasteiger partial charge in [0.15, 0.2) is 0 Å². The molecule has 0 atom stereocenters. The van der Waals surface area contributed by atoms with E-state index in [2.05, 4.69) is 0 Å². The van der Waals surface area contributed by atoms with Gasteiger partial charge in [-0.05, 0) is 13.8 Å². The van der Waals surface area contributed by atoms with Crippen LogP contribution in [0.15, 0.2) is 0 Å². The Hall–Kier alpha value is -0.650. The van der Waals surface area contributed by atoms with Crippen LogP contribution in [0, 0.1) is 0 Å². The fourth-order valence-corrected chi connectivity index (χ4v) is 1.09. The van der Waals surface area contributed by atoms with Crippen molar-refractivity contribution in [3.05, 3.63) is 0 Å². The second-order valence-electron chi connectivity index (χ2n) is 3.73. The molecule has 96 valence electrons. The molecule has 0 rings (SSSR count). The molecule has 0 saturated heterocycles. The predicted molar refractivity (Wildman–Crippen MR) is 61.4 cm³/mol. The molecule has 0 aromatic heterocycles. The maximum Gasteiger partial charge on any atom is 0.248 e. The highest BCUT2D eigenvalue weighted by molar-refractivity contribution is 5.77. The largest absolute Gasteiger partial charge is 0.383 e.